The number of rotatable bonds is 4. The Balaban J connectivity index is 2.09. The van der Waals surface area contributed by atoms with Gasteiger partial charge < -0.3 is 10.6 Å². The molecule has 1 saturated heterocycles. The lowest BCUT2D eigenvalue weighted by molar-refractivity contribution is 0.0478. The fourth-order valence-corrected chi connectivity index (χ4v) is 2.83. The molecule has 106 valence electrons. The van der Waals surface area contributed by atoms with Crippen LogP contribution in [0.5, 0.6) is 0 Å². The highest BCUT2D eigenvalue weighted by Crippen LogP contribution is 2.28. The number of nitrogens with two attached hydrogens (primary N) is 1. The SMILES string of the molecule is CN1CCC(CN)(N(C)Cc2ccccc2F)CC1. The zero-order valence-electron chi connectivity index (χ0n) is 11.9. The second-order valence-corrected chi connectivity index (χ2v) is 5.68. The molecule has 0 radical (unpaired) electrons. The van der Waals surface area contributed by atoms with Gasteiger partial charge in [-0.05, 0) is 46.1 Å². The third-order valence-corrected chi connectivity index (χ3v) is 4.47. The van der Waals surface area contributed by atoms with E-state index in [9.17, 15) is 4.39 Å². The van der Waals surface area contributed by atoms with Crippen LogP contribution in [0.4, 0.5) is 4.39 Å². The Kier molecular flexibility index (Phi) is 4.55. The molecule has 4 heteroatoms. The minimum absolute atomic E-state index is 0.00872. The first-order valence-electron chi connectivity index (χ1n) is 6.91. The van der Waals surface area contributed by atoms with E-state index in [0.717, 1.165) is 31.5 Å². The Morgan fingerprint density at radius 3 is 2.53 bits per heavy atom. The average molecular weight is 265 g/mol. The molecule has 1 aromatic rings. The Morgan fingerprint density at radius 1 is 1.32 bits per heavy atom. The van der Waals surface area contributed by atoms with E-state index in [0.29, 0.717) is 13.1 Å². The average Bonchev–Trinajstić information content (AvgIpc) is 2.42. The third-order valence-electron chi connectivity index (χ3n) is 4.47. The Bertz CT molecular complexity index is 414. The summed E-state index contributed by atoms with van der Waals surface area (Å²) in [6, 6.07) is 6.99. The van der Waals surface area contributed by atoms with Crippen LogP contribution in [0, 0.1) is 5.82 Å². The van der Waals surface area contributed by atoms with Gasteiger partial charge in [-0.25, -0.2) is 4.39 Å². The van der Waals surface area contributed by atoms with Crippen LogP contribution < -0.4 is 5.73 Å². The molecule has 2 N–H and O–H groups in total. The molecule has 0 aliphatic carbocycles. The number of piperidine rings is 1. The van der Waals surface area contributed by atoms with Crippen molar-refractivity contribution in [3.05, 3.63) is 35.6 Å². The summed E-state index contributed by atoms with van der Waals surface area (Å²) in [5.74, 6) is -0.130. The van der Waals surface area contributed by atoms with E-state index in [1.165, 1.54) is 6.07 Å². The predicted molar refractivity (Wildman–Crippen MR) is 76.4 cm³/mol. The fourth-order valence-electron chi connectivity index (χ4n) is 2.83. The molecule has 0 saturated carbocycles. The highest BCUT2D eigenvalue weighted by atomic mass is 19.1. The van der Waals surface area contributed by atoms with Crippen molar-refractivity contribution >= 4 is 0 Å². The summed E-state index contributed by atoms with van der Waals surface area (Å²) >= 11 is 0. The standard InChI is InChI=1S/C15H24FN3/c1-18-9-7-15(12-17,8-10-18)19(2)11-13-5-3-4-6-14(13)16/h3-6H,7-12,17H2,1-2H3. The van der Waals surface area contributed by atoms with Gasteiger partial charge in [-0.3, -0.25) is 4.90 Å². The molecule has 0 amide bonds. The van der Waals surface area contributed by atoms with E-state index in [4.69, 9.17) is 5.73 Å². The number of likely N-dealkylation sites (tertiary alicyclic amines) is 1. The summed E-state index contributed by atoms with van der Waals surface area (Å²) in [5, 5.41) is 0. The quantitative estimate of drug-likeness (QED) is 0.899. The van der Waals surface area contributed by atoms with Crippen LogP contribution in [0.2, 0.25) is 0 Å². The summed E-state index contributed by atoms with van der Waals surface area (Å²) in [6.07, 6.45) is 2.09. The van der Waals surface area contributed by atoms with Gasteiger partial charge in [-0.15, -0.1) is 0 Å². The van der Waals surface area contributed by atoms with Crippen LogP contribution in [0.25, 0.3) is 0 Å². The van der Waals surface area contributed by atoms with Crippen molar-refractivity contribution in [3.8, 4) is 0 Å². The molecule has 1 heterocycles. The number of likely N-dealkylation sites (N-methyl/N-ethyl adjacent to an activating group) is 1. The molecule has 1 aromatic carbocycles. The zero-order chi connectivity index (χ0) is 13.9. The predicted octanol–water partition coefficient (Wildman–Crippen LogP) is 1.68. The first kappa shape index (κ1) is 14.4. The van der Waals surface area contributed by atoms with Crippen molar-refractivity contribution in [2.75, 3.05) is 33.7 Å². The van der Waals surface area contributed by atoms with Gasteiger partial charge in [0, 0.05) is 24.2 Å². The number of hydrogen-bond donors (Lipinski definition) is 1. The molecule has 2 rings (SSSR count). The topological polar surface area (TPSA) is 32.5 Å². The van der Waals surface area contributed by atoms with Crippen LogP contribution in [0.3, 0.4) is 0 Å². The van der Waals surface area contributed by atoms with Gasteiger partial charge in [0.05, 0.1) is 0 Å². The fraction of sp³-hybridized carbons (Fsp3) is 0.600. The molecule has 1 aliphatic rings. The minimum atomic E-state index is -0.130. The summed E-state index contributed by atoms with van der Waals surface area (Å²) < 4.78 is 13.7. The van der Waals surface area contributed by atoms with E-state index < -0.39 is 0 Å². The molecular formula is C15H24FN3. The van der Waals surface area contributed by atoms with E-state index >= 15 is 0 Å². The molecule has 0 unspecified atom stereocenters. The number of benzene rings is 1. The Labute approximate surface area is 115 Å². The highest BCUT2D eigenvalue weighted by Gasteiger charge is 2.36. The van der Waals surface area contributed by atoms with Crippen molar-refractivity contribution in [2.24, 2.45) is 5.73 Å². The minimum Gasteiger partial charge on any atom is -0.329 e. The van der Waals surface area contributed by atoms with Crippen LogP contribution in [0.1, 0.15) is 18.4 Å². The molecule has 1 fully saturated rings. The molecular weight excluding hydrogens is 241 g/mol. The molecule has 3 nitrogen and oxygen atoms in total. The van der Waals surface area contributed by atoms with Gasteiger partial charge in [-0.2, -0.15) is 0 Å². The van der Waals surface area contributed by atoms with Crippen LogP contribution in [0.15, 0.2) is 24.3 Å². The zero-order valence-corrected chi connectivity index (χ0v) is 11.9. The van der Waals surface area contributed by atoms with Gasteiger partial charge in [0.2, 0.25) is 0 Å². The van der Waals surface area contributed by atoms with Crippen LogP contribution >= 0.6 is 0 Å². The third kappa shape index (κ3) is 3.14. The Hall–Kier alpha value is -0.970. The van der Waals surface area contributed by atoms with E-state index in [2.05, 4.69) is 23.9 Å². The molecule has 1 aliphatic heterocycles. The maximum atomic E-state index is 13.7. The lowest BCUT2D eigenvalue weighted by Crippen LogP contribution is -2.57. The van der Waals surface area contributed by atoms with Crippen molar-refractivity contribution in [1.29, 1.82) is 0 Å². The number of nitrogens with zero attached hydrogens (tertiary/aromatic N) is 2. The molecule has 0 atom stereocenters. The highest BCUT2D eigenvalue weighted by molar-refractivity contribution is 5.17. The molecule has 0 bridgehead atoms. The lowest BCUT2D eigenvalue weighted by Gasteiger charge is -2.46. The summed E-state index contributed by atoms with van der Waals surface area (Å²) in [4.78, 5) is 4.56. The summed E-state index contributed by atoms with van der Waals surface area (Å²) in [7, 11) is 4.20. The van der Waals surface area contributed by atoms with Crippen molar-refractivity contribution < 1.29 is 4.39 Å². The maximum absolute atomic E-state index is 13.7. The van der Waals surface area contributed by atoms with Gasteiger partial charge in [0.15, 0.2) is 0 Å². The second-order valence-electron chi connectivity index (χ2n) is 5.68. The van der Waals surface area contributed by atoms with Gasteiger partial charge in [0.1, 0.15) is 5.82 Å². The van der Waals surface area contributed by atoms with Gasteiger partial charge >= 0.3 is 0 Å². The number of hydrogen-bond acceptors (Lipinski definition) is 3. The van der Waals surface area contributed by atoms with E-state index in [-0.39, 0.29) is 11.4 Å². The maximum Gasteiger partial charge on any atom is 0.127 e. The second kappa shape index (κ2) is 5.99. The molecule has 19 heavy (non-hydrogen) atoms. The van der Waals surface area contributed by atoms with Crippen molar-refractivity contribution in [1.82, 2.24) is 9.80 Å². The molecule has 0 spiro atoms. The summed E-state index contributed by atoms with van der Waals surface area (Å²) in [5.41, 5.74) is 6.78. The van der Waals surface area contributed by atoms with Crippen LogP contribution in [-0.4, -0.2) is 49.1 Å². The first-order valence-corrected chi connectivity index (χ1v) is 6.91. The largest absolute Gasteiger partial charge is 0.329 e. The lowest BCUT2D eigenvalue weighted by atomic mass is 9.86. The molecule has 0 aromatic heterocycles. The van der Waals surface area contributed by atoms with Gasteiger partial charge in [-0.1, -0.05) is 18.2 Å². The Morgan fingerprint density at radius 2 is 1.95 bits per heavy atom. The summed E-state index contributed by atoms with van der Waals surface area (Å²) in [6.45, 7) is 3.36. The number of halogens is 1. The first-order chi connectivity index (χ1) is 9.07. The monoisotopic (exact) mass is 265 g/mol. The van der Waals surface area contributed by atoms with E-state index in [1.54, 1.807) is 6.07 Å². The van der Waals surface area contributed by atoms with Crippen LogP contribution in [-0.2, 0) is 6.54 Å². The normalized spacial score (nSPS) is 19.8. The van der Waals surface area contributed by atoms with Gasteiger partial charge in [0.25, 0.3) is 0 Å². The van der Waals surface area contributed by atoms with E-state index in [1.807, 2.05) is 12.1 Å². The smallest absolute Gasteiger partial charge is 0.127 e. The van der Waals surface area contributed by atoms with Crippen molar-refractivity contribution in [3.63, 3.8) is 0 Å². The van der Waals surface area contributed by atoms with Crippen molar-refractivity contribution in [2.45, 2.75) is 24.9 Å².